The van der Waals surface area contributed by atoms with E-state index < -0.39 is 0 Å². The largest absolute Gasteiger partial charge is 0.309 e. The fourth-order valence-corrected chi connectivity index (χ4v) is 8.81. The van der Waals surface area contributed by atoms with Gasteiger partial charge in [0.05, 0.1) is 11.0 Å². The monoisotopic (exact) mass is 592 g/mol. The van der Waals surface area contributed by atoms with Gasteiger partial charge in [-0.3, -0.25) is 0 Å². The Bertz CT molecular complexity index is 2550. The van der Waals surface area contributed by atoms with Crippen molar-refractivity contribution in [1.82, 2.24) is 19.5 Å². The molecular weight excluding hydrogens is 569 g/mol. The minimum atomic E-state index is 0.130. The SMILES string of the molecule is c1ccc(-n2c3ccc(-c4ncncn4)cc3c3c4sc5ccccc5c4c(C4c5ccccc5-c5ccccc54)cc32)cc1. The third-order valence-corrected chi connectivity index (χ3v) is 10.5. The molecule has 0 N–H and O–H groups in total. The van der Waals surface area contributed by atoms with Crippen molar-refractivity contribution in [3.8, 4) is 28.2 Å². The van der Waals surface area contributed by atoms with Crippen molar-refractivity contribution in [2.75, 3.05) is 0 Å². The van der Waals surface area contributed by atoms with Crippen LogP contribution < -0.4 is 0 Å². The molecule has 0 saturated carbocycles. The second-order valence-corrected chi connectivity index (χ2v) is 12.7. The van der Waals surface area contributed by atoms with Crippen LogP contribution in [0.25, 0.3) is 70.2 Å². The summed E-state index contributed by atoms with van der Waals surface area (Å²) in [6, 6.07) is 46.6. The molecule has 3 aromatic heterocycles. The molecule has 45 heavy (non-hydrogen) atoms. The zero-order chi connectivity index (χ0) is 29.5. The predicted molar refractivity (Wildman–Crippen MR) is 185 cm³/mol. The molecule has 0 saturated heterocycles. The average Bonchev–Trinajstić information content (AvgIpc) is 3.76. The molecule has 0 radical (unpaired) electrons. The predicted octanol–water partition coefficient (Wildman–Crippen LogP) is 10.2. The normalized spacial score (nSPS) is 12.8. The first-order valence-corrected chi connectivity index (χ1v) is 15.9. The molecule has 0 atom stereocenters. The molecule has 0 spiro atoms. The molecule has 4 nitrogen and oxygen atoms in total. The molecule has 6 aromatic carbocycles. The maximum Gasteiger partial charge on any atom is 0.162 e. The van der Waals surface area contributed by atoms with Gasteiger partial charge in [0.15, 0.2) is 5.82 Å². The highest BCUT2D eigenvalue weighted by molar-refractivity contribution is 7.26. The summed E-state index contributed by atoms with van der Waals surface area (Å²) < 4.78 is 5.05. The van der Waals surface area contributed by atoms with E-state index >= 15 is 0 Å². The van der Waals surface area contributed by atoms with Crippen LogP contribution in [0.15, 0.2) is 140 Å². The van der Waals surface area contributed by atoms with Crippen LogP contribution >= 0.6 is 11.3 Å². The van der Waals surface area contributed by atoms with Crippen molar-refractivity contribution in [3.05, 3.63) is 157 Å². The lowest BCUT2D eigenvalue weighted by molar-refractivity contribution is 1.03. The smallest absolute Gasteiger partial charge is 0.162 e. The number of nitrogens with zero attached hydrogens (tertiary/aromatic N) is 4. The third kappa shape index (κ3) is 3.50. The number of hydrogen-bond acceptors (Lipinski definition) is 4. The number of aromatic nitrogens is 4. The molecule has 1 aliphatic carbocycles. The first-order valence-electron chi connectivity index (χ1n) is 15.1. The molecule has 0 bridgehead atoms. The number of fused-ring (bicyclic) bond motifs is 10. The van der Waals surface area contributed by atoms with Crippen LogP contribution in [0.5, 0.6) is 0 Å². The molecule has 0 aliphatic heterocycles. The van der Waals surface area contributed by atoms with E-state index in [0.717, 1.165) is 16.8 Å². The van der Waals surface area contributed by atoms with Crippen LogP contribution in [0.3, 0.4) is 0 Å². The second kappa shape index (κ2) is 9.42. The number of para-hydroxylation sites is 1. The lowest BCUT2D eigenvalue weighted by Crippen LogP contribution is -2.01. The van der Waals surface area contributed by atoms with Crippen LogP contribution in [0, 0.1) is 0 Å². The van der Waals surface area contributed by atoms with Crippen LogP contribution in [0.1, 0.15) is 22.6 Å². The van der Waals surface area contributed by atoms with Gasteiger partial charge in [0, 0.05) is 48.1 Å². The summed E-state index contributed by atoms with van der Waals surface area (Å²) in [7, 11) is 0. The molecule has 10 rings (SSSR count). The van der Waals surface area contributed by atoms with E-state index in [9.17, 15) is 0 Å². The van der Waals surface area contributed by atoms with Crippen molar-refractivity contribution >= 4 is 53.3 Å². The molecule has 0 unspecified atom stereocenters. The van der Waals surface area contributed by atoms with Crippen molar-refractivity contribution in [1.29, 1.82) is 0 Å². The molecule has 0 amide bonds. The molecule has 9 aromatic rings. The molecule has 5 heteroatoms. The van der Waals surface area contributed by atoms with Gasteiger partial charge < -0.3 is 4.57 Å². The van der Waals surface area contributed by atoms with Gasteiger partial charge >= 0.3 is 0 Å². The van der Waals surface area contributed by atoms with Crippen LogP contribution in [-0.4, -0.2) is 19.5 Å². The van der Waals surface area contributed by atoms with Gasteiger partial charge in [0.2, 0.25) is 0 Å². The Hall–Kier alpha value is -5.65. The van der Waals surface area contributed by atoms with Crippen LogP contribution in [0.4, 0.5) is 0 Å². The highest BCUT2D eigenvalue weighted by Gasteiger charge is 2.32. The Morgan fingerprint density at radius 3 is 2.02 bits per heavy atom. The minimum absolute atomic E-state index is 0.130. The van der Waals surface area contributed by atoms with Crippen molar-refractivity contribution in [2.45, 2.75) is 5.92 Å². The summed E-state index contributed by atoms with van der Waals surface area (Å²) in [6.07, 6.45) is 3.13. The molecule has 0 fully saturated rings. The molecule has 1 aliphatic rings. The van der Waals surface area contributed by atoms with Gasteiger partial charge in [-0.05, 0) is 70.3 Å². The first kappa shape index (κ1) is 24.8. The van der Waals surface area contributed by atoms with Crippen molar-refractivity contribution < 1.29 is 0 Å². The number of hydrogen-bond donors (Lipinski definition) is 0. The average molecular weight is 593 g/mol. The minimum Gasteiger partial charge on any atom is -0.309 e. The lowest BCUT2D eigenvalue weighted by atomic mass is 9.86. The Morgan fingerprint density at radius 1 is 0.556 bits per heavy atom. The summed E-state index contributed by atoms with van der Waals surface area (Å²) in [5.74, 6) is 0.807. The van der Waals surface area contributed by atoms with Crippen molar-refractivity contribution in [3.63, 3.8) is 0 Å². The number of rotatable bonds is 3. The zero-order valence-electron chi connectivity index (χ0n) is 24.1. The van der Waals surface area contributed by atoms with Gasteiger partial charge in [-0.15, -0.1) is 11.3 Å². The summed E-state index contributed by atoms with van der Waals surface area (Å²) in [6.45, 7) is 0. The van der Waals surface area contributed by atoms with Gasteiger partial charge in [0.25, 0.3) is 0 Å². The van der Waals surface area contributed by atoms with E-state index in [1.807, 2.05) is 11.3 Å². The summed E-state index contributed by atoms with van der Waals surface area (Å²) in [4.78, 5) is 13.0. The van der Waals surface area contributed by atoms with E-state index in [2.05, 4.69) is 147 Å². The molecule has 3 heterocycles. The van der Waals surface area contributed by atoms with E-state index in [4.69, 9.17) is 0 Å². The standard InChI is InChI=1S/C40H24N4S/c1-2-10-25(11-3-1)44-33-19-18-24(40-42-22-41-23-43-40)20-31(33)38-34(44)21-32(37-30-16-8-9-17-35(30)45-39(37)38)36-28-14-6-4-12-26(28)27-13-5-7-15-29(27)36/h1-23,36H. The third-order valence-electron chi connectivity index (χ3n) is 9.32. The number of thiophene rings is 1. The van der Waals surface area contributed by atoms with E-state index in [1.54, 1.807) is 12.7 Å². The topological polar surface area (TPSA) is 43.6 Å². The second-order valence-electron chi connectivity index (χ2n) is 11.6. The van der Waals surface area contributed by atoms with Gasteiger partial charge in [-0.25, -0.2) is 15.0 Å². The lowest BCUT2D eigenvalue weighted by Gasteiger charge is -2.18. The number of benzene rings is 6. The maximum absolute atomic E-state index is 4.48. The summed E-state index contributed by atoms with van der Waals surface area (Å²) >= 11 is 1.90. The highest BCUT2D eigenvalue weighted by atomic mass is 32.1. The quantitative estimate of drug-likeness (QED) is 0.205. The van der Waals surface area contributed by atoms with Gasteiger partial charge in [0.1, 0.15) is 12.7 Å². The summed E-state index contributed by atoms with van der Waals surface area (Å²) in [5, 5.41) is 5.12. The summed E-state index contributed by atoms with van der Waals surface area (Å²) in [5.41, 5.74) is 11.2. The molecular formula is C40H24N4S. The fourth-order valence-electron chi connectivity index (χ4n) is 7.51. The Balaban J connectivity index is 1.40. The van der Waals surface area contributed by atoms with Gasteiger partial charge in [-0.2, -0.15) is 0 Å². The van der Waals surface area contributed by atoms with Gasteiger partial charge in [-0.1, -0.05) is 84.9 Å². The first-order chi connectivity index (χ1) is 22.3. The Morgan fingerprint density at radius 2 is 1.24 bits per heavy atom. The maximum atomic E-state index is 4.48. The van der Waals surface area contributed by atoms with Crippen LogP contribution in [0.2, 0.25) is 0 Å². The highest BCUT2D eigenvalue weighted by Crippen LogP contribution is 2.53. The Kier molecular flexibility index (Phi) is 5.18. The van der Waals surface area contributed by atoms with Crippen LogP contribution in [-0.2, 0) is 0 Å². The fraction of sp³-hybridized carbons (Fsp3) is 0.0250. The van der Waals surface area contributed by atoms with E-state index in [1.165, 1.54) is 64.3 Å². The van der Waals surface area contributed by atoms with E-state index in [-0.39, 0.29) is 5.92 Å². The Labute approximate surface area is 262 Å². The molecule has 210 valence electrons. The zero-order valence-corrected chi connectivity index (χ0v) is 24.9. The van der Waals surface area contributed by atoms with Crippen molar-refractivity contribution in [2.24, 2.45) is 0 Å². The van der Waals surface area contributed by atoms with E-state index in [0.29, 0.717) is 5.82 Å².